The number of ether oxygens (including phenoxy) is 1. The van der Waals surface area contributed by atoms with E-state index >= 15 is 0 Å². The Morgan fingerprint density at radius 2 is 1.83 bits per heavy atom. The third-order valence-electron chi connectivity index (χ3n) is 3.14. The molecule has 0 aliphatic heterocycles. The summed E-state index contributed by atoms with van der Waals surface area (Å²) in [5, 5.41) is 16.0. The Bertz CT molecular complexity index is 770. The lowest BCUT2D eigenvalue weighted by Gasteiger charge is -2.05. The Kier molecular flexibility index (Phi) is 5.51. The summed E-state index contributed by atoms with van der Waals surface area (Å²) < 4.78 is 4.96. The smallest absolute Gasteiger partial charge is 0.329 e. The lowest BCUT2D eigenvalue weighted by molar-refractivity contribution is -0.136. The largest absolute Gasteiger partial charge is 0.504 e. The normalized spacial score (nSPS) is 10.4. The van der Waals surface area contributed by atoms with Crippen LogP contribution in [0.3, 0.4) is 0 Å². The average molecular weight is 327 g/mol. The van der Waals surface area contributed by atoms with Gasteiger partial charge in [-0.15, -0.1) is 0 Å². The Hall–Kier alpha value is -3.35. The SMILES string of the molecule is COc1cccc(/C=N\NC(=O)C(=O)Nc2ccc(C)cc2)c1O. The molecule has 2 aromatic rings. The Morgan fingerprint density at radius 1 is 1.12 bits per heavy atom. The standard InChI is InChI=1S/C17H17N3O4/c1-11-6-8-13(9-7-11)19-16(22)17(23)20-18-10-12-4-3-5-14(24-2)15(12)21/h3-10,21H,1-2H3,(H,19,22)(H,20,23)/b18-10-. The quantitative estimate of drug-likeness (QED) is 0.453. The second-order valence-electron chi connectivity index (χ2n) is 4.92. The van der Waals surface area contributed by atoms with Crippen LogP contribution in [0.4, 0.5) is 5.69 Å². The molecule has 0 aromatic heterocycles. The molecule has 0 aliphatic rings. The minimum absolute atomic E-state index is 0.109. The summed E-state index contributed by atoms with van der Waals surface area (Å²) in [7, 11) is 1.42. The summed E-state index contributed by atoms with van der Waals surface area (Å²) in [6, 6.07) is 11.8. The van der Waals surface area contributed by atoms with Crippen LogP contribution in [0.1, 0.15) is 11.1 Å². The van der Waals surface area contributed by atoms with E-state index in [-0.39, 0.29) is 11.5 Å². The van der Waals surface area contributed by atoms with Crippen molar-refractivity contribution >= 4 is 23.7 Å². The topological polar surface area (TPSA) is 100 Å². The number of phenolic OH excluding ortho intramolecular Hbond substituents is 1. The number of nitrogens with zero attached hydrogens (tertiary/aromatic N) is 1. The Labute approximate surface area is 139 Å². The highest BCUT2D eigenvalue weighted by Crippen LogP contribution is 2.27. The molecule has 0 radical (unpaired) electrons. The molecule has 0 heterocycles. The van der Waals surface area contributed by atoms with E-state index in [0.717, 1.165) is 5.56 Å². The van der Waals surface area contributed by atoms with Gasteiger partial charge in [0.15, 0.2) is 11.5 Å². The van der Waals surface area contributed by atoms with Gasteiger partial charge in [0, 0.05) is 11.3 Å². The van der Waals surface area contributed by atoms with Crippen LogP contribution in [0.15, 0.2) is 47.6 Å². The maximum absolute atomic E-state index is 11.7. The monoisotopic (exact) mass is 327 g/mol. The summed E-state index contributed by atoms with van der Waals surface area (Å²) in [6.45, 7) is 1.92. The molecule has 2 amide bonds. The average Bonchev–Trinajstić information content (AvgIpc) is 2.58. The summed E-state index contributed by atoms with van der Waals surface area (Å²) >= 11 is 0. The van der Waals surface area contributed by atoms with E-state index < -0.39 is 11.8 Å². The third-order valence-corrected chi connectivity index (χ3v) is 3.14. The first-order chi connectivity index (χ1) is 11.5. The van der Waals surface area contributed by atoms with Crippen molar-refractivity contribution in [3.05, 3.63) is 53.6 Å². The lowest BCUT2D eigenvalue weighted by atomic mass is 10.2. The number of anilines is 1. The number of benzene rings is 2. The van der Waals surface area contributed by atoms with Crippen LogP contribution in [-0.4, -0.2) is 30.2 Å². The van der Waals surface area contributed by atoms with Gasteiger partial charge >= 0.3 is 11.8 Å². The van der Waals surface area contributed by atoms with E-state index in [1.807, 2.05) is 19.1 Å². The van der Waals surface area contributed by atoms with Gasteiger partial charge in [0.2, 0.25) is 0 Å². The van der Waals surface area contributed by atoms with Crippen LogP contribution in [-0.2, 0) is 9.59 Å². The minimum Gasteiger partial charge on any atom is -0.504 e. The highest BCUT2D eigenvalue weighted by molar-refractivity contribution is 6.39. The number of hydrazone groups is 1. The first-order valence-electron chi connectivity index (χ1n) is 7.08. The molecule has 124 valence electrons. The molecular formula is C17H17N3O4. The van der Waals surface area contributed by atoms with Crippen LogP contribution < -0.4 is 15.5 Å². The predicted octanol–water partition coefficient (Wildman–Crippen LogP) is 1.80. The molecule has 2 aromatic carbocycles. The van der Waals surface area contributed by atoms with Gasteiger partial charge < -0.3 is 15.2 Å². The van der Waals surface area contributed by atoms with Crippen molar-refractivity contribution in [2.24, 2.45) is 5.10 Å². The van der Waals surface area contributed by atoms with E-state index in [1.54, 1.807) is 30.3 Å². The fraction of sp³-hybridized carbons (Fsp3) is 0.118. The fourth-order valence-electron chi connectivity index (χ4n) is 1.84. The number of amides is 2. The molecule has 0 spiro atoms. The maximum Gasteiger partial charge on any atom is 0.329 e. The van der Waals surface area contributed by atoms with Gasteiger partial charge in [-0.1, -0.05) is 23.8 Å². The molecule has 0 fully saturated rings. The fourth-order valence-corrected chi connectivity index (χ4v) is 1.84. The number of aryl methyl sites for hydroxylation is 1. The number of carbonyl (C=O) groups excluding carboxylic acids is 2. The summed E-state index contributed by atoms with van der Waals surface area (Å²) in [4.78, 5) is 23.4. The Morgan fingerprint density at radius 3 is 2.50 bits per heavy atom. The number of aromatic hydroxyl groups is 1. The first kappa shape index (κ1) is 17.0. The molecule has 24 heavy (non-hydrogen) atoms. The van der Waals surface area contributed by atoms with Crippen LogP contribution in [0.5, 0.6) is 11.5 Å². The second-order valence-corrected chi connectivity index (χ2v) is 4.92. The molecule has 7 nitrogen and oxygen atoms in total. The van der Waals surface area contributed by atoms with E-state index in [0.29, 0.717) is 11.3 Å². The van der Waals surface area contributed by atoms with Crippen molar-refractivity contribution in [1.29, 1.82) is 0 Å². The highest BCUT2D eigenvalue weighted by Gasteiger charge is 2.13. The van der Waals surface area contributed by atoms with Crippen LogP contribution in [0, 0.1) is 6.92 Å². The number of para-hydroxylation sites is 1. The van der Waals surface area contributed by atoms with Crippen LogP contribution >= 0.6 is 0 Å². The highest BCUT2D eigenvalue weighted by atomic mass is 16.5. The molecule has 0 saturated heterocycles. The molecule has 0 atom stereocenters. The molecule has 7 heteroatoms. The number of hydrogen-bond donors (Lipinski definition) is 3. The number of phenols is 1. The summed E-state index contributed by atoms with van der Waals surface area (Å²) in [6.07, 6.45) is 1.22. The third kappa shape index (κ3) is 4.33. The molecule has 0 saturated carbocycles. The van der Waals surface area contributed by atoms with E-state index in [2.05, 4.69) is 15.8 Å². The van der Waals surface area contributed by atoms with Crippen molar-refractivity contribution in [1.82, 2.24) is 5.43 Å². The van der Waals surface area contributed by atoms with Crippen molar-refractivity contribution in [2.75, 3.05) is 12.4 Å². The van der Waals surface area contributed by atoms with Crippen LogP contribution in [0.25, 0.3) is 0 Å². The Balaban J connectivity index is 1.95. The zero-order valence-electron chi connectivity index (χ0n) is 13.2. The van der Waals surface area contributed by atoms with Crippen molar-refractivity contribution in [2.45, 2.75) is 6.92 Å². The van der Waals surface area contributed by atoms with Gasteiger partial charge in [-0.2, -0.15) is 5.10 Å². The van der Waals surface area contributed by atoms with Gasteiger partial charge in [0.1, 0.15) is 0 Å². The second kappa shape index (κ2) is 7.77. The van der Waals surface area contributed by atoms with Crippen molar-refractivity contribution in [3.8, 4) is 11.5 Å². The number of carbonyl (C=O) groups is 2. The van der Waals surface area contributed by atoms with Crippen LogP contribution in [0.2, 0.25) is 0 Å². The molecule has 0 aliphatic carbocycles. The van der Waals surface area contributed by atoms with Gasteiger partial charge in [0.25, 0.3) is 0 Å². The number of methoxy groups -OCH3 is 1. The molecule has 2 rings (SSSR count). The summed E-state index contributed by atoms with van der Waals surface area (Å²) in [5.41, 5.74) is 3.99. The number of hydrogen-bond acceptors (Lipinski definition) is 5. The van der Waals surface area contributed by atoms with E-state index in [9.17, 15) is 14.7 Å². The number of rotatable bonds is 4. The van der Waals surface area contributed by atoms with E-state index in [4.69, 9.17) is 4.74 Å². The molecule has 3 N–H and O–H groups in total. The first-order valence-corrected chi connectivity index (χ1v) is 7.08. The van der Waals surface area contributed by atoms with Gasteiger partial charge in [-0.05, 0) is 31.2 Å². The zero-order chi connectivity index (χ0) is 17.5. The van der Waals surface area contributed by atoms with Gasteiger partial charge in [-0.25, -0.2) is 5.43 Å². The maximum atomic E-state index is 11.7. The lowest BCUT2D eigenvalue weighted by Crippen LogP contribution is -2.32. The zero-order valence-corrected chi connectivity index (χ0v) is 13.2. The number of nitrogens with one attached hydrogen (secondary N) is 2. The summed E-state index contributed by atoms with van der Waals surface area (Å²) in [5.74, 6) is -1.59. The molecule has 0 unspecified atom stereocenters. The van der Waals surface area contributed by atoms with Crippen molar-refractivity contribution < 1.29 is 19.4 Å². The minimum atomic E-state index is -0.922. The van der Waals surface area contributed by atoms with E-state index in [1.165, 1.54) is 13.3 Å². The van der Waals surface area contributed by atoms with Gasteiger partial charge in [0.05, 0.1) is 13.3 Å². The van der Waals surface area contributed by atoms with Gasteiger partial charge in [-0.3, -0.25) is 9.59 Å². The van der Waals surface area contributed by atoms with Crippen molar-refractivity contribution in [3.63, 3.8) is 0 Å². The molecular weight excluding hydrogens is 310 g/mol. The predicted molar refractivity (Wildman–Crippen MR) is 90.2 cm³/mol. The molecule has 0 bridgehead atoms.